The Morgan fingerprint density at radius 1 is 1.10 bits per heavy atom. The second-order valence-corrected chi connectivity index (χ2v) is 4.81. The maximum absolute atomic E-state index is 12.2. The number of ketones is 2. The van der Waals surface area contributed by atoms with Gasteiger partial charge in [0.15, 0.2) is 11.2 Å². The van der Waals surface area contributed by atoms with E-state index in [0.717, 1.165) is 10.8 Å². The smallest absolute Gasteiger partial charge is 0.376 e. The van der Waals surface area contributed by atoms with Crippen LogP contribution in [0.25, 0.3) is 10.8 Å². The zero-order valence-corrected chi connectivity index (χ0v) is 12.1. The Morgan fingerprint density at radius 2 is 1.76 bits per heavy atom. The van der Waals surface area contributed by atoms with Gasteiger partial charge in [0.2, 0.25) is 0 Å². The number of carbonyl (C=O) groups is 3. The third-order valence-corrected chi connectivity index (χ3v) is 3.37. The molecule has 1 unspecified atom stereocenters. The lowest BCUT2D eigenvalue weighted by Gasteiger charge is -2.08. The molecule has 1 atom stereocenters. The minimum absolute atomic E-state index is 0.0539. The van der Waals surface area contributed by atoms with Crippen LogP contribution in [0, 0.1) is 0 Å². The van der Waals surface area contributed by atoms with Gasteiger partial charge in [-0.25, -0.2) is 4.79 Å². The number of esters is 1. The first-order valence-corrected chi connectivity index (χ1v) is 6.86. The first-order valence-electron chi connectivity index (χ1n) is 6.42. The predicted octanol–water partition coefficient (Wildman–Crippen LogP) is 2.76. The van der Waals surface area contributed by atoms with Gasteiger partial charge < -0.3 is 4.74 Å². The topological polar surface area (TPSA) is 60.4 Å². The highest BCUT2D eigenvalue weighted by molar-refractivity contribution is 6.56. The van der Waals surface area contributed by atoms with E-state index < -0.39 is 22.9 Å². The van der Waals surface area contributed by atoms with Crippen LogP contribution in [0.3, 0.4) is 0 Å². The summed E-state index contributed by atoms with van der Waals surface area (Å²) in [7, 11) is 0. The summed E-state index contributed by atoms with van der Waals surface area (Å²) < 4.78 is 4.56. The third kappa shape index (κ3) is 3.28. The summed E-state index contributed by atoms with van der Waals surface area (Å²) in [5.41, 5.74) is 0.284. The Kier molecular flexibility index (Phi) is 4.70. The van der Waals surface area contributed by atoms with Crippen LogP contribution >= 0.6 is 11.6 Å². The van der Waals surface area contributed by atoms with Gasteiger partial charge in [-0.1, -0.05) is 36.4 Å². The molecule has 0 heterocycles. The summed E-state index contributed by atoms with van der Waals surface area (Å²) >= 11 is 5.80. The maximum Gasteiger partial charge on any atom is 0.376 e. The van der Waals surface area contributed by atoms with Crippen molar-refractivity contribution in [3.8, 4) is 0 Å². The molecule has 21 heavy (non-hydrogen) atoms. The van der Waals surface area contributed by atoms with Crippen LogP contribution in [0.4, 0.5) is 0 Å². The molecule has 4 nitrogen and oxygen atoms in total. The maximum atomic E-state index is 12.2. The van der Waals surface area contributed by atoms with Gasteiger partial charge in [-0.15, -0.1) is 11.6 Å². The Balaban J connectivity index is 2.25. The van der Waals surface area contributed by atoms with E-state index in [0.29, 0.717) is 0 Å². The zero-order valence-electron chi connectivity index (χ0n) is 11.3. The molecule has 0 aliphatic heterocycles. The normalized spacial score (nSPS) is 11.9. The summed E-state index contributed by atoms with van der Waals surface area (Å²) in [6, 6.07) is 12.5. The molecule has 0 radical (unpaired) electrons. The minimum atomic E-state index is -1.56. The van der Waals surface area contributed by atoms with Gasteiger partial charge in [0.1, 0.15) is 0 Å². The molecular weight excluding hydrogens is 292 g/mol. The van der Waals surface area contributed by atoms with Gasteiger partial charge >= 0.3 is 5.97 Å². The molecule has 0 spiro atoms. The van der Waals surface area contributed by atoms with Crippen molar-refractivity contribution in [1.29, 1.82) is 0 Å². The fourth-order valence-electron chi connectivity index (χ4n) is 1.91. The second-order valence-electron chi connectivity index (χ2n) is 4.37. The van der Waals surface area contributed by atoms with E-state index in [2.05, 4.69) is 4.74 Å². The Bertz CT molecular complexity index is 708. The van der Waals surface area contributed by atoms with Gasteiger partial charge in [-0.3, -0.25) is 9.59 Å². The third-order valence-electron chi connectivity index (χ3n) is 2.97. The zero-order chi connectivity index (χ0) is 15.4. The van der Waals surface area contributed by atoms with Crippen LogP contribution < -0.4 is 0 Å². The fourth-order valence-corrected chi connectivity index (χ4v) is 2.13. The predicted molar refractivity (Wildman–Crippen MR) is 79.6 cm³/mol. The van der Waals surface area contributed by atoms with Crippen LogP contribution in [0.1, 0.15) is 17.3 Å². The molecule has 2 aromatic carbocycles. The van der Waals surface area contributed by atoms with E-state index in [4.69, 9.17) is 11.6 Å². The van der Waals surface area contributed by atoms with Crippen molar-refractivity contribution in [2.24, 2.45) is 0 Å². The number of alkyl halides is 1. The number of benzene rings is 2. The SMILES string of the molecule is CCOC(=O)C(=O)C(Cl)C(=O)c1ccc2ccccc2c1. The highest BCUT2D eigenvalue weighted by atomic mass is 35.5. The van der Waals surface area contributed by atoms with Crippen molar-refractivity contribution < 1.29 is 19.1 Å². The fraction of sp³-hybridized carbons (Fsp3) is 0.188. The quantitative estimate of drug-likeness (QED) is 0.280. The first kappa shape index (κ1) is 15.2. The van der Waals surface area contributed by atoms with Crippen LogP contribution in [0.2, 0.25) is 0 Å². The van der Waals surface area contributed by atoms with Gasteiger partial charge in [-0.2, -0.15) is 0 Å². The highest BCUT2D eigenvalue weighted by Crippen LogP contribution is 2.18. The monoisotopic (exact) mass is 304 g/mol. The number of hydrogen-bond acceptors (Lipinski definition) is 4. The standard InChI is InChI=1S/C16H13ClO4/c1-2-21-16(20)15(19)13(17)14(18)12-8-7-10-5-3-4-6-11(10)9-12/h3-9,13H,2H2,1H3. The molecule has 0 saturated heterocycles. The van der Waals surface area contributed by atoms with Gasteiger partial charge in [0, 0.05) is 5.56 Å². The average molecular weight is 305 g/mol. The van der Waals surface area contributed by atoms with Crippen molar-refractivity contribution in [2.75, 3.05) is 6.61 Å². The van der Waals surface area contributed by atoms with Crippen molar-refractivity contribution in [3.63, 3.8) is 0 Å². The number of carbonyl (C=O) groups excluding carboxylic acids is 3. The van der Waals surface area contributed by atoms with Crippen LogP contribution in [-0.4, -0.2) is 29.5 Å². The molecule has 0 amide bonds. The molecule has 0 N–H and O–H groups in total. The second kappa shape index (κ2) is 6.50. The Labute approximate surface area is 126 Å². The van der Waals surface area contributed by atoms with E-state index in [1.807, 2.05) is 24.3 Å². The molecule has 0 saturated carbocycles. The summed E-state index contributed by atoms with van der Waals surface area (Å²) in [4.78, 5) is 35.2. The van der Waals surface area contributed by atoms with Gasteiger partial charge in [0.25, 0.3) is 5.78 Å². The van der Waals surface area contributed by atoms with Crippen LogP contribution in [-0.2, 0) is 14.3 Å². The number of fused-ring (bicyclic) bond motifs is 1. The lowest BCUT2D eigenvalue weighted by molar-refractivity contribution is -0.153. The van der Waals surface area contributed by atoms with Crippen molar-refractivity contribution in [2.45, 2.75) is 12.3 Å². The molecule has 0 aliphatic rings. The first-order chi connectivity index (χ1) is 10.0. The molecule has 2 aromatic rings. The molecule has 0 bridgehead atoms. The number of halogens is 1. The van der Waals surface area contributed by atoms with Gasteiger partial charge in [-0.05, 0) is 23.8 Å². The highest BCUT2D eigenvalue weighted by Gasteiger charge is 2.31. The van der Waals surface area contributed by atoms with Crippen LogP contribution in [0.15, 0.2) is 42.5 Å². The summed E-state index contributed by atoms with van der Waals surface area (Å²) in [6.45, 7) is 1.62. The lowest BCUT2D eigenvalue weighted by Crippen LogP contribution is -2.32. The van der Waals surface area contributed by atoms with E-state index in [-0.39, 0.29) is 12.2 Å². The molecule has 108 valence electrons. The number of rotatable bonds is 5. The summed E-state index contributed by atoms with van der Waals surface area (Å²) in [5.74, 6) is -2.75. The Morgan fingerprint density at radius 3 is 2.43 bits per heavy atom. The molecular formula is C16H13ClO4. The van der Waals surface area contributed by atoms with Crippen molar-refractivity contribution in [1.82, 2.24) is 0 Å². The molecule has 0 aromatic heterocycles. The lowest BCUT2D eigenvalue weighted by atomic mass is 10.0. The van der Waals surface area contributed by atoms with E-state index in [1.165, 1.54) is 0 Å². The number of Topliss-reactive ketones (excluding diaryl/α,β-unsaturated/α-hetero) is 2. The van der Waals surface area contributed by atoms with E-state index in [9.17, 15) is 14.4 Å². The molecule has 0 fully saturated rings. The number of hydrogen-bond donors (Lipinski definition) is 0. The van der Waals surface area contributed by atoms with E-state index >= 15 is 0 Å². The minimum Gasteiger partial charge on any atom is -0.460 e. The van der Waals surface area contributed by atoms with E-state index in [1.54, 1.807) is 25.1 Å². The summed E-state index contributed by atoms with van der Waals surface area (Å²) in [6.07, 6.45) is 0. The molecule has 5 heteroatoms. The average Bonchev–Trinajstić information content (AvgIpc) is 2.52. The van der Waals surface area contributed by atoms with Crippen LogP contribution in [0.5, 0.6) is 0 Å². The number of ether oxygens (including phenoxy) is 1. The van der Waals surface area contributed by atoms with Crippen molar-refractivity contribution >= 4 is 39.9 Å². The molecule has 0 aliphatic carbocycles. The van der Waals surface area contributed by atoms with Crippen molar-refractivity contribution in [3.05, 3.63) is 48.0 Å². The van der Waals surface area contributed by atoms with Gasteiger partial charge in [0.05, 0.1) is 6.61 Å². The molecule has 2 rings (SSSR count). The summed E-state index contributed by atoms with van der Waals surface area (Å²) in [5, 5.41) is 0.262. The Hall–Kier alpha value is -2.20. The largest absolute Gasteiger partial charge is 0.460 e.